The van der Waals surface area contributed by atoms with Gasteiger partial charge in [0.15, 0.2) is 5.82 Å². The SMILES string of the molecule is CC(C)n1cnnc1-c1nn(C)c2c1CN(C(=O)c1cc(F)ccc1F)CC2. The maximum Gasteiger partial charge on any atom is 0.257 e. The Kier molecular flexibility index (Phi) is 4.44. The van der Waals surface area contributed by atoms with Crippen LogP contribution in [0.5, 0.6) is 0 Å². The lowest BCUT2D eigenvalue weighted by molar-refractivity contribution is 0.0728. The number of rotatable bonds is 3. The maximum atomic E-state index is 14.1. The number of carbonyl (C=O) groups excluding carboxylic acids is 1. The van der Waals surface area contributed by atoms with Gasteiger partial charge in [-0.2, -0.15) is 5.10 Å². The standard InChI is InChI=1S/C19H20F2N6O/c1-11(2)27-10-22-23-18(27)17-14-9-26(7-6-16(14)25(3)24-17)19(28)13-8-12(20)4-5-15(13)21/h4-5,8,10-11H,6-7,9H2,1-3H3. The van der Waals surface area contributed by atoms with E-state index in [0.717, 1.165) is 29.5 Å². The molecule has 0 fully saturated rings. The average molecular weight is 386 g/mol. The molecular formula is C19H20F2N6O. The first-order valence-electron chi connectivity index (χ1n) is 9.05. The Morgan fingerprint density at radius 1 is 1.25 bits per heavy atom. The van der Waals surface area contributed by atoms with Crippen molar-refractivity contribution in [1.82, 2.24) is 29.4 Å². The fourth-order valence-corrected chi connectivity index (χ4v) is 3.57. The normalized spacial score (nSPS) is 13.9. The molecule has 0 saturated carbocycles. The van der Waals surface area contributed by atoms with Crippen LogP contribution in [0.25, 0.3) is 11.5 Å². The molecule has 0 saturated heterocycles. The summed E-state index contributed by atoms with van der Waals surface area (Å²) in [6, 6.07) is 3.05. The van der Waals surface area contributed by atoms with Crippen LogP contribution in [0.3, 0.4) is 0 Å². The molecule has 0 N–H and O–H groups in total. The summed E-state index contributed by atoms with van der Waals surface area (Å²) in [4.78, 5) is 14.3. The van der Waals surface area contributed by atoms with Gasteiger partial charge >= 0.3 is 0 Å². The number of benzene rings is 1. The van der Waals surface area contributed by atoms with Gasteiger partial charge < -0.3 is 9.47 Å². The number of carbonyl (C=O) groups is 1. The van der Waals surface area contributed by atoms with Crippen LogP contribution in [-0.2, 0) is 20.0 Å². The zero-order chi connectivity index (χ0) is 20.0. The zero-order valence-electron chi connectivity index (χ0n) is 15.9. The van der Waals surface area contributed by atoms with E-state index in [1.165, 1.54) is 4.90 Å². The molecule has 146 valence electrons. The van der Waals surface area contributed by atoms with Crippen LogP contribution in [0.1, 0.15) is 41.5 Å². The van der Waals surface area contributed by atoms with E-state index < -0.39 is 17.5 Å². The van der Waals surface area contributed by atoms with Crippen molar-refractivity contribution in [2.24, 2.45) is 7.05 Å². The average Bonchev–Trinajstić information content (AvgIpc) is 3.28. The molecule has 3 heterocycles. The van der Waals surface area contributed by atoms with E-state index in [9.17, 15) is 13.6 Å². The van der Waals surface area contributed by atoms with E-state index in [-0.39, 0.29) is 18.2 Å². The smallest absolute Gasteiger partial charge is 0.257 e. The fraction of sp³-hybridized carbons (Fsp3) is 0.368. The third-order valence-corrected chi connectivity index (χ3v) is 5.03. The Morgan fingerprint density at radius 2 is 2.04 bits per heavy atom. The van der Waals surface area contributed by atoms with Crippen molar-refractivity contribution in [1.29, 1.82) is 0 Å². The van der Waals surface area contributed by atoms with Gasteiger partial charge in [-0.25, -0.2) is 8.78 Å². The Labute approximate surface area is 160 Å². The molecule has 9 heteroatoms. The Bertz CT molecular complexity index is 1050. The molecule has 0 radical (unpaired) electrons. The molecule has 0 spiro atoms. The number of fused-ring (bicyclic) bond motifs is 1. The first-order chi connectivity index (χ1) is 13.4. The third-order valence-electron chi connectivity index (χ3n) is 5.03. The molecule has 0 unspecified atom stereocenters. The van der Waals surface area contributed by atoms with E-state index in [1.54, 1.807) is 11.0 Å². The maximum absolute atomic E-state index is 14.1. The lowest BCUT2D eigenvalue weighted by Gasteiger charge is -2.28. The van der Waals surface area contributed by atoms with Crippen molar-refractivity contribution in [3.63, 3.8) is 0 Å². The molecule has 7 nitrogen and oxygen atoms in total. The van der Waals surface area contributed by atoms with Crippen LogP contribution < -0.4 is 0 Å². The van der Waals surface area contributed by atoms with Crippen molar-refractivity contribution >= 4 is 5.91 Å². The van der Waals surface area contributed by atoms with Gasteiger partial charge in [-0.1, -0.05) is 0 Å². The van der Waals surface area contributed by atoms with Crippen LogP contribution in [0.2, 0.25) is 0 Å². The molecule has 0 aliphatic carbocycles. The van der Waals surface area contributed by atoms with Crippen LogP contribution in [-0.4, -0.2) is 41.9 Å². The summed E-state index contributed by atoms with van der Waals surface area (Å²) in [6.07, 6.45) is 2.21. The van der Waals surface area contributed by atoms with E-state index in [4.69, 9.17) is 0 Å². The molecule has 3 aromatic rings. The van der Waals surface area contributed by atoms with E-state index in [0.29, 0.717) is 24.5 Å². The van der Waals surface area contributed by atoms with Crippen LogP contribution >= 0.6 is 0 Å². The minimum Gasteiger partial charge on any atom is -0.334 e. The summed E-state index contributed by atoms with van der Waals surface area (Å²) in [5.74, 6) is -1.29. The largest absolute Gasteiger partial charge is 0.334 e. The third kappa shape index (κ3) is 2.96. The van der Waals surface area contributed by atoms with E-state index in [1.807, 2.05) is 25.5 Å². The predicted octanol–water partition coefficient (Wildman–Crippen LogP) is 2.74. The quantitative estimate of drug-likeness (QED) is 0.694. The minimum atomic E-state index is -0.733. The summed E-state index contributed by atoms with van der Waals surface area (Å²) in [7, 11) is 1.85. The molecule has 1 aliphatic rings. The van der Waals surface area contributed by atoms with Crippen molar-refractivity contribution in [2.75, 3.05) is 6.54 Å². The predicted molar refractivity (Wildman–Crippen MR) is 97.4 cm³/mol. The number of nitrogens with zero attached hydrogens (tertiary/aromatic N) is 6. The first-order valence-corrected chi connectivity index (χ1v) is 9.05. The highest BCUT2D eigenvalue weighted by atomic mass is 19.1. The molecule has 0 bridgehead atoms. The highest BCUT2D eigenvalue weighted by molar-refractivity contribution is 5.94. The summed E-state index contributed by atoms with van der Waals surface area (Å²) < 4.78 is 31.3. The zero-order valence-corrected chi connectivity index (χ0v) is 15.9. The second-order valence-electron chi connectivity index (χ2n) is 7.15. The topological polar surface area (TPSA) is 68.8 Å². The van der Waals surface area contributed by atoms with Gasteiger partial charge in [-0.05, 0) is 32.0 Å². The lowest BCUT2D eigenvalue weighted by atomic mass is 10.0. The summed E-state index contributed by atoms with van der Waals surface area (Å²) in [5.41, 5.74) is 2.24. The van der Waals surface area contributed by atoms with E-state index in [2.05, 4.69) is 15.3 Å². The first kappa shape index (κ1) is 18.3. The number of aryl methyl sites for hydroxylation is 1. The number of hydrogen-bond acceptors (Lipinski definition) is 4. The van der Waals surface area contributed by atoms with Gasteiger partial charge in [0.1, 0.15) is 23.7 Å². The molecule has 1 aromatic carbocycles. The number of aromatic nitrogens is 5. The Hall–Kier alpha value is -3.10. The van der Waals surface area contributed by atoms with Gasteiger partial charge in [-0.15, -0.1) is 10.2 Å². The Balaban J connectivity index is 1.71. The van der Waals surface area contributed by atoms with Crippen LogP contribution in [0.15, 0.2) is 24.5 Å². The van der Waals surface area contributed by atoms with Gasteiger partial charge in [0, 0.05) is 37.3 Å². The number of amides is 1. The molecule has 28 heavy (non-hydrogen) atoms. The van der Waals surface area contributed by atoms with Crippen molar-refractivity contribution < 1.29 is 13.6 Å². The highest BCUT2D eigenvalue weighted by Crippen LogP contribution is 2.30. The van der Waals surface area contributed by atoms with Crippen LogP contribution in [0.4, 0.5) is 8.78 Å². The second-order valence-corrected chi connectivity index (χ2v) is 7.15. The lowest BCUT2D eigenvalue weighted by Crippen LogP contribution is -2.36. The van der Waals surface area contributed by atoms with Gasteiger partial charge in [-0.3, -0.25) is 9.48 Å². The van der Waals surface area contributed by atoms with Crippen molar-refractivity contribution in [3.05, 3.63) is 53.0 Å². The van der Waals surface area contributed by atoms with Crippen molar-refractivity contribution in [3.8, 4) is 11.5 Å². The number of hydrogen-bond donors (Lipinski definition) is 0. The summed E-state index contributed by atoms with van der Waals surface area (Å²) in [6.45, 7) is 4.69. The fourth-order valence-electron chi connectivity index (χ4n) is 3.57. The monoisotopic (exact) mass is 386 g/mol. The van der Waals surface area contributed by atoms with E-state index >= 15 is 0 Å². The van der Waals surface area contributed by atoms with Crippen LogP contribution in [0, 0.1) is 11.6 Å². The number of halogens is 2. The summed E-state index contributed by atoms with van der Waals surface area (Å²) in [5, 5.41) is 12.8. The minimum absolute atomic E-state index is 0.144. The molecule has 1 aliphatic heterocycles. The summed E-state index contributed by atoms with van der Waals surface area (Å²) >= 11 is 0. The van der Waals surface area contributed by atoms with Gasteiger partial charge in [0.25, 0.3) is 5.91 Å². The molecule has 0 atom stereocenters. The van der Waals surface area contributed by atoms with Gasteiger partial charge in [0.05, 0.1) is 12.1 Å². The molecule has 2 aromatic heterocycles. The van der Waals surface area contributed by atoms with Gasteiger partial charge in [0.2, 0.25) is 0 Å². The highest BCUT2D eigenvalue weighted by Gasteiger charge is 2.30. The molecule has 4 rings (SSSR count). The Morgan fingerprint density at radius 3 is 2.79 bits per heavy atom. The second kappa shape index (κ2) is 6.81. The van der Waals surface area contributed by atoms with Crippen molar-refractivity contribution in [2.45, 2.75) is 32.9 Å². The molecule has 1 amide bonds. The molecular weight excluding hydrogens is 366 g/mol.